The summed E-state index contributed by atoms with van der Waals surface area (Å²) in [4.78, 5) is 24.9. The van der Waals surface area contributed by atoms with Gasteiger partial charge in [0.05, 0.1) is 19.5 Å². The van der Waals surface area contributed by atoms with Gasteiger partial charge in [-0.05, 0) is 17.7 Å². The molecule has 3 rings (SSSR count). The normalized spacial score (nSPS) is 14.8. The van der Waals surface area contributed by atoms with Gasteiger partial charge in [-0.3, -0.25) is 9.78 Å². The lowest BCUT2D eigenvalue weighted by Gasteiger charge is -2.34. The van der Waals surface area contributed by atoms with Crippen molar-refractivity contribution in [1.82, 2.24) is 14.9 Å². The van der Waals surface area contributed by atoms with E-state index >= 15 is 0 Å². The van der Waals surface area contributed by atoms with Crippen LogP contribution in [0.3, 0.4) is 0 Å². The maximum absolute atomic E-state index is 12.4. The van der Waals surface area contributed by atoms with E-state index in [0.717, 1.165) is 28.9 Å². The van der Waals surface area contributed by atoms with Gasteiger partial charge in [0, 0.05) is 36.7 Å². The molecule has 0 bridgehead atoms. The third kappa shape index (κ3) is 4.36. The monoisotopic (exact) mass is 402 g/mol. The third-order valence-electron chi connectivity index (χ3n) is 4.03. The van der Waals surface area contributed by atoms with Gasteiger partial charge in [0.25, 0.3) is 0 Å². The minimum absolute atomic E-state index is 0.0205. The second-order valence-electron chi connectivity index (χ2n) is 5.59. The van der Waals surface area contributed by atoms with Gasteiger partial charge < -0.3 is 14.5 Å². The fraction of sp³-hybridized carbons (Fsp3) is 0.278. The molecular weight excluding hydrogens is 384 g/mol. The average Bonchev–Trinajstić information content (AvgIpc) is 2.67. The van der Waals surface area contributed by atoms with E-state index in [1.807, 2.05) is 35.2 Å². The van der Waals surface area contributed by atoms with E-state index in [1.165, 1.54) is 0 Å². The van der Waals surface area contributed by atoms with Crippen molar-refractivity contribution in [2.24, 2.45) is 0 Å². The van der Waals surface area contributed by atoms with Crippen LogP contribution in [0.2, 0.25) is 0 Å². The van der Waals surface area contributed by atoms with Crippen molar-refractivity contribution in [2.45, 2.75) is 0 Å². The van der Waals surface area contributed by atoms with Gasteiger partial charge in [-0.15, -0.1) is 0 Å². The highest BCUT2D eigenvalue weighted by molar-refractivity contribution is 9.10. The summed E-state index contributed by atoms with van der Waals surface area (Å²) in [6.07, 6.45) is 6.76. The Morgan fingerprint density at radius 3 is 2.68 bits per heavy atom. The first-order valence-electron chi connectivity index (χ1n) is 8.00. The minimum Gasteiger partial charge on any atom is -0.480 e. The number of methoxy groups -OCH3 is 1. The highest BCUT2D eigenvalue weighted by Crippen LogP contribution is 2.18. The Kier molecular flexibility index (Phi) is 5.65. The van der Waals surface area contributed by atoms with Gasteiger partial charge in [-0.25, -0.2) is 0 Å². The summed E-state index contributed by atoms with van der Waals surface area (Å²) in [6.45, 7) is 2.74. The predicted molar refractivity (Wildman–Crippen MR) is 101 cm³/mol. The molecule has 1 aliphatic rings. The fourth-order valence-electron chi connectivity index (χ4n) is 2.62. The van der Waals surface area contributed by atoms with Crippen LogP contribution in [0.25, 0.3) is 6.08 Å². The summed E-state index contributed by atoms with van der Waals surface area (Å²) < 4.78 is 6.08. The van der Waals surface area contributed by atoms with Crippen molar-refractivity contribution in [3.05, 3.63) is 52.8 Å². The van der Waals surface area contributed by atoms with Crippen LogP contribution >= 0.6 is 15.9 Å². The summed E-state index contributed by atoms with van der Waals surface area (Å²) in [5.41, 5.74) is 0.987. The molecule has 1 fully saturated rings. The zero-order valence-corrected chi connectivity index (χ0v) is 15.5. The van der Waals surface area contributed by atoms with Gasteiger partial charge >= 0.3 is 0 Å². The zero-order chi connectivity index (χ0) is 17.6. The first kappa shape index (κ1) is 17.4. The van der Waals surface area contributed by atoms with Crippen LogP contribution in [0.1, 0.15) is 5.56 Å². The van der Waals surface area contributed by atoms with E-state index in [2.05, 4.69) is 30.8 Å². The van der Waals surface area contributed by atoms with Crippen LogP contribution in [0.15, 0.2) is 47.2 Å². The molecule has 7 heteroatoms. The topological polar surface area (TPSA) is 58.6 Å². The maximum atomic E-state index is 12.4. The number of ether oxygens (including phenoxy) is 1. The average molecular weight is 403 g/mol. The first-order chi connectivity index (χ1) is 12.2. The standard InChI is InChI=1S/C18H19BrN4O2/c1-25-17-13-20-12-16(21-17)22-8-10-23(11-9-22)18(24)7-6-14-4-2-3-5-15(14)19/h2-7,12-13H,8-11H2,1H3/b7-6+. The molecule has 1 aromatic heterocycles. The largest absolute Gasteiger partial charge is 0.480 e. The number of carbonyl (C=O) groups is 1. The Hall–Kier alpha value is -2.41. The van der Waals surface area contributed by atoms with Crippen molar-refractivity contribution >= 4 is 33.7 Å². The molecule has 0 atom stereocenters. The van der Waals surface area contributed by atoms with Crippen LogP contribution in [0.4, 0.5) is 5.82 Å². The van der Waals surface area contributed by atoms with E-state index in [4.69, 9.17) is 4.74 Å². The van der Waals surface area contributed by atoms with E-state index < -0.39 is 0 Å². The molecule has 0 radical (unpaired) electrons. The van der Waals surface area contributed by atoms with Crippen molar-refractivity contribution in [2.75, 3.05) is 38.2 Å². The summed E-state index contributed by atoms with van der Waals surface area (Å²) in [7, 11) is 1.57. The Morgan fingerprint density at radius 2 is 1.96 bits per heavy atom. The van der Waals surface area contributed by atoms with Gasteiger partial charge in [0.1, 0.15) is 0 Å². The van der Waals surface area contributed by atoms with Crippen molar-refractivity contribution in [1.29, 1.82) is 0 Å². The molecule has 1 aliphatic heterocycles. The molecule has 25 heavy (non-hydrogen) atoms. The number of rotatable bonds is 4. The number of carbonyl (C=O) groups excluding carboxylic acids is 1. The van der Waals surface area contributed by atoms with Crippen LogP contribution in [-0.2, 0) is 4.79 Å². The lowest BCUT2D eigenvalue weighted by molar-refractivity contribution is -0.126. The fourth-order valence-corrected chi connectivity index (χ4v) is 3.04. The van der Waals surface area contributed by atoms with Crippen LogP contribution in [0.5, 0.6) is 5.88 Å². The zero-order valence-electron chi connectivity index (χ0n) is 13.9. The van der Waals surface area contributed by atoms with Gasteiger partial charge in [-0.1, -0.05) is 34.1 Å². The molecule has 0 aliphatic carbocycles. The second-order valence-corrected chi connectivity index (χ2v) is 6.44. The SMILES string of the molecule is COc1cncc(N2CCN(C(=O)/C=C/c3ccccc3Br)CC2)n1. The maximum Gasteiger partial charge on any atom is 0.246 e. The van der Waals surface area contributed by atoms with Crippen molar-refractivity contribution in [3.63, 3.8) is 0 Å². The molecule has 6 nitrogen and oxygen atoms in total. The van der Waals surface area contributed by atoms with E-state index in [0.29, 0.717) is 19.0 Å². The van der Waals surface area contributed by atoms with Gasteiger partial charge in [0.2, 0.25) is 11.8 Å². The number of nitrogens with zero attached hydrogens (tertiary/aromatic N) is 4. The number of amides is 1. The quantitative estimate of drug-likeness (QED) is 0.735. The number of aromatic nitrogens is 2. The minimum atomic E-state index is 0.0205. The molecule has 1 amide bonds. The molecule has 130 valence electrons. The second kappa shape index (κ2) is 8.11. The van der Waals surface area contributed by atoms with Crippen LogP contribution < -0.4 is 9.64 Å². The molecule has 1 aromatic carbocycles. The smallest absolute Gasteiger partial charge is 0.246 e. The number of benzene rings is 1. The van der Waals surface area contributed by atoms with E-state index in [9.17, 15) is 4.79 Å². The Balaban J connectivity index is 1.58. The molecular formula is C18H19BrN4O2. The van der Waals surface area contributed by atoms with Crippen molar-refractivity contribution < 1.29 is 9.53 Å². The van der Waals surface area contributed by atoms with Crippen LogP contribution in [0, 0.1) is 0 Å². The number of halogens is 1. The van der Waals surface area contributed by atoms with E-state index in [-0.39, 0.29) is 5.91 Å². The molecule has 2 aromatic rings. The molecule has 0 spiro atoms. The van der Waals surface area contributed by atoms with Crippen molar-refractivity contribution in [3.8, 4) is 5.88 Å². The molecule has 0 unspecified atom stereocenters. The highest BCUT2D eigenvalue weighted by atomic mass is 79.9. The highest BCUT2D eigenvalue weighted by Gasteiger charge is 2.21. The Labute approximate surface area is 155 Å². The lowest BCUT2D eigenvalue weighted by Crippen LogP contribution is -2.48. The molecule has 0 N–H and O–H groups in total. The Bertz CT molecular complexity index is 773. The molecule has 0 saturated carbocycles. The first-order valence-corrected chi connectivity index (χ1v) is 8.79. The lowest BCUT2D eigenvalue weighted by atomic mass is 10.2. The van der Waals surface area contributed by atoms with Gasteiger partial charge in [0.15, 0.2) is 5.82 Å². The number of anilines is 1. The van der Waals surface area contributed by atoms with Gasteiger partial charge in [-0.2, -0.15) is 4.98 Å². The Morgan fingerprint density at radius 1 is 1.20 bits per heavy atom. The number of hydrogen-bond donors (Lipinski definition) is 0. The number of piperazine rings is 1. The molecule has 2 heterocycles. The predicted octanol–water partition coefficient (Wildman–Crippen LogP) is 2.61. The summed E-state index contributed by atoms with van der Waals surface area (Å²) in [5, 5.41) is 0. The summed E-state index contributed by atoms with van der Waals surface area (Å²) >= 11 is 3.48. The number of hydrogen-bond acceptors (Lipinski definition) is 5. The summed E-state index contributed by atoms with van der Waals surface area (Å²) in [5.74, 6) is 1.29. The summed E-state index contributed by atoms with van der Waals surface area (Å²) in [6, 6.07) is 7.82. The van der Waals surface area contributed by atoms with E-state index in [1.54, 1.807) is 25.6 Å². The molecule has 1 saturated heterocycles. The van der Waals surface area contributed by atoms with Crippen LogP contribution in [-0.4, -0.2) is 54.1 Å². The third-order valence-corrected chi connectivity index (χ3v) is 4.76.